The quantitative estimate of drug-likeness (QED) is 0.746. The Morgan fingerprint density at radius 2 is 1.79 bits per heavy atom. The Morgan fingerprint density at radius 1 is 1.10 bits per heavy atom. The van der Waals surface area contributed by atoms with Crippen molar-refractivity contribution in [3.8, 4) is 0 Å². The number of benzene rings is 2. The first-order valence-electron chi connectivity index (χ1n) is 9.23. The molecule has 2 N–H and O–H groups in total. The van der Waals surface area contributed by atoms with Crippen LogP contribution in [-0.4, -0.2) is 49.4 Å². The van der Waals surface area contributed by atoms with E-state index in [0.29, 0.717) is 44.0 Å². The Balaban J connectivity index is 1.30. The second kappa shape index (κ2) is 7.96. The molecule has 0 aliphatic carbocycles. The monoisotopic (exact) mass is 420 g/mol. The molecule has 0 saturated carbocycles. The molecule has 1 fully saturated rings. The van der Waals surface area contributed by atoms with Crippen molar-refractivity contribution in [2.45, 2.75) is 6.42 Å². The molecule has 2 aromatic carbocycles. The number of carbonyl (C=O) groups is 2. The molecule has 2 aliphatic rings. The summed E-state index contributed by atoms with van der Waals surface area (Å²) >= 11 is 5.53. The fourth-order valence-corrected chi connectivity index (χ4v) is 3.71. The molecule has 29 heavy (non-hydrogen) atoms. The average molecular weight is 421 g/mol. The van der Waals surface area contributed by atoms with Gasteiger partial charge in [0.15, 0.2) is 0 Å². The highest BCUT2D eigenvalue weighted by molar-refractivity contribution is 6.31. The van der Waals surface area contributed by atoms with Gasteiger partial charge in [-0.15, -0.1) is 0 Å². The molecular weight excluding hydrogens is 402 g/mol. The first-order valence-corrected chi connectivity index (χ1v) is 9.61. The van der Waals surface area contributed by atoms with E-state index in [2.05, 4.69) is 10.6 Å². The van der Waals surface area contributed by atoms with Gasteiger partial charge in [-0.2, -0.15) is 0 Å². The summed E-state index contributed by atoms with van der Waals surface area (Å²) < 4.78 is 27.3. The summed E-state index contributed by atoms with van der Waals surface area (Å²) in [6.07, 6.45) is 0.312. The molecule has 0 aromatic heterocycles. The fourth-order valence-electron chi connectivity index (χ4n) is 3.60. The second-order valence-corrected chi connectivity index (χ2v) is 7.51. The van der Waals surface area contributed by atoms with Gasteiger partial charge in [0, 0.05) is 43.2 Å². The lowest BCUT2D eigenvalue weighted by atomic mass is 10.1. The molecule has 0 atom stereocenters. The van der Waals surface area contributed by atoms with Crippen LogP contribution in [0.4, 0.5) is 25.8 Å². The van der Waals surface area contributed by atoms with Gasteiger partial charge in [-0.3, -0.25) is 14.5 Å². The largest absolute Gasteiger partial charge is 0.369 e. The van der Waals surface area contributed by atoms with Crippen molar-refractivity contribution in [2.75, 3.05) is 48.3 Å². The van der Waals surface area contributed by atoms with Gasteiger partial charge in [0.1, 0.15) is 16.7 Å². The van der Waals surface area contributed by atoms with Gasteiger partial charge in [0.2, 0.25) is 11.8 Å². The zero-order valence-electron chi connectivity index (χ0n) is 15.5. The molecule has 4 rings (SSSR count). The second-order valence-electron chi connectivity index (χ2n) is 7.13. The number of nitrogens with zero attached hydrogens (tertiary/aromatic N) is 2. The lowest BCUT2D eigenvalue weighted by molar-refractivity contribution is -0.117. The van der Waals surface area contributed by atoms with Crippen molar-refractivity contribution in [3.05, 3.63) is 52.6 Å². The molecular formula is C20H19ClF2N4O2. The smallest absolute Gasteiger partial charge is 0.238 e. The molecule has 0 spiro atoms. The number of hydrogen-bond donors (Lipinski definition) is 2. The van der Waals surface area contributed by atoms with Crippen molar-refractivity contribution in [2.24, 2.45) is 0 Å². The van der Waals surface area contributed by atoms with Crippen LogP contribution in [0.2, 0.25) is 5.02 Å². The molecule has 0 bridgehead atoms. The maximum atomic E-state index is 13.7. The highest BCUT2D eigenvalue weighted by atomic mass is 35.5. The standard InChI is InChI=1S/C20H19ClF2N4O2/c21-20-15(22)9-14(10-16(20)23)27-5-3-26(4-6-27)11-19(29)24-13-1-2-17-12(7-13)8-18(28)25-17/h1-2,7,9-10H,3-6,8,11H2,(H,24,29)(H,25,28). The van der Waals surface area contributed by atoms with Crippen LogP contribution in [0.5, 0.6) is 0 Å². The van der Waals surface area contributed by atoms with Crippen molar-refractivity contribution in [1.82, 2.24) is 4.90 Å². The number of piperazine rings is 1. The van der Waals surface area contributed by atoms with Crippen LogP contribution in [0.3, 0.4) is 0 Å². The summed E-state index contributed by atoms with van der Waals surface area (Å²) in [5, 5.41) is 5.10. The van der Waals surface area contributed by atoms with Gasteiger partial charge in [-0.25, -0.2) is 8.78 Å². The van der Waals surface area contributed by atoms with E-state index in [1.807, 2.05) is 9.80 Å². The Morgan fingerprint density at radius 3 is 2.48 bits per heavy atom. The van der Waals surface area contributed by atoms with Crippen molar-refractivity contribution >= 4 is 40.5 Å². The molecule has 0 radical (unpaired) electrons. The number of fused-ring (bicyclic) bond motifs is 1. The van der Waals surface area contributed by atoms with E-state index in [4.69, 9.17) is 11.6 Å². The highest BCUT2D eigenvalue weighted by Gasteiger charge is 2.22. The molecule has 152 valence electrons. The van der Waals surface area contributed by atoms with Crippen molar-refractivity contribution in [1.29, 1.82) is 0 Å². The van der Waals surface area contributed by atoms with Crippen LogP contribution in [0.15, 0.2) is 30.3 Å². The summed E-state index contributed by atoms with van der Waals surface area (Å²) in [5.74, 6) is -1.77. The molecule has 6 nitrogen and oxygen atoms in total. The van der Waals surface area contributed by atoms with Crippen molar-refractivity contribution < 1.29 is 18.4 Å². The summed E-state index contributed by atoms with van der Waals surface area (Å²) in [5.41, 5.74) is 2.73. The zero-order valence-corrected chi connectivity index (χ0v) is 16.2. The summed E-state index contributed by atoms with van der Waals surface area (Å²) in [6, 6.07) is 7.78. The molecule has 2 aromatic rings. The minimum atomic E-state index is -0.783. The number of anilines is 3. The number of carbonyl (C=O) groups excluding carboxylic acids is 2. The van der Waals surface area contributed by atoms with Gasteiger partial charge in [0.25, 0.3) is 0 Å². The van der Waals surface area contributed by atoms with E-state index in [-0.39, 0.29) is 18.4 Å². The summed E-state index contributed by atoms with van der Waals surface area (Å²) in [7, 11) is 0. The average Bonchev–Trinajstić information content (AvgIpc) is 3.05. The maximum absolute atomic E-state index is 13.7. The summed E-state index contributed by atoms with van der Waals surface area (Å²) in [4.78, 5) is 27.6. The van der Waals surface area contributed by atoms with Crippen LogP contribution >= 0.6 is 11.6 Å². The molecule has 2 heterocycles. The Bertz CT molecular complexity index is 954. The van der Waals surface area contributed by atoms with Gasteiger partial charge in [-0.05, 0) is 35.9 Å². The Hall–Kier alpha value is -2.71. The van der Waals surface area contributed by atoms with E-state index in [0.717, 1.165) is 11.3 Å². The zero-order chi connectivity index (χ0) is 20.5. The number of nitrogens with one attached hydrogen (secondary N) is 2. The normalized spacial score (nSPS) is 16.5. The molecule has 2 amide bonds. The van der Waals surface area contributed by atoms with Crippen LogP contribution in [0.1, 0.15) is 5.56 Å². The number of rotatable bonds is 4. The molecule has 2 aliphatic heterocycles. The first-order chi connectivity index (χ1) is 13.9. The number of amides is 2. The third kappa shape index (κ3) is 4.33. The Kier molecular flexibility index (Phi) is 5.38. The fraction of sp³-hybridized carbons (Fsp3) is 0.300. The van der Waals surface area contributed by atoms with E-state index >= 15 is 0 Å². The topological polar surface area (TPSA) is 64.7 Å². The van der Waals surface area contributed by atoms with Gasteiger partial charge in [0.05, 0.1) is 13.0 Å². The third-order valence-electron chi connectivity index (χ3n) is 5.09. The molecule has 0 unspecified atom stereocenters. The van der Waals surface area contributed by atoms with E-state index in [1.54, 1.807) is 18.2 Å². The minimum Gasteiger partial charge on any atom is -0.369 e. The van der Waals surface area contributed by atoms with Gasteiger partial charge >= 0.3 is 0 Å². The lowest BCUT2D eigenvalue weighted by Gasteiger charge is -2.35. The van der Waals surface area contributed by atoms with Gasteiger partial charge in [-0.1, -0.05) is 11.6 Å². The molecule has 1 saturated heterocycles. The van der Waals surface area contributed by atoms with E-state index < -0.39 is 16.7 Å². The van der Waals surface area contributed by atoms with Crippen LogP contribution in [0, 0.1) is 11.6 Å². The lowest BCUT2D eigenvalue weighted by Crippen LogP contribution is -2.48. The summed E-state index contributed by atoms with van der Waals surface area (Å²) in [6.45, 7) is 2.47. The van der Waals surface area contributed by atoms with E-state index in [9.17, 15) is 18.4 Å². The highest BCUT2D eigenvalue weighted by Crippen LogP contribution is 2.27. The number of hydrogen-bond acceptors (Lipinski definition) is 4. The van der Waals surface area contributed by atoms with Crippen LogP contribution < -0.4 is 15.5 Å². The van der Waals surface area contributed by atoms with Crippen LogP contribution in [0.25, 0.3) is 0 Å². The van der Waals surface area contributed by atoms with Gasteiger partial charge < -0.3 is 15.5 Å². The predicted molar refractivity (Wildman–Crippen MR) is 107 cm³/mol. The third-order valence-corrected chi connectivity index (χ3v) is 5.45. The first kappa shape index (κ1) is 19.6. The minimum absolute atomic E-state index is 0.0539. The van der Waals surface area contributed by atoms with Crippen LogP contribution in [-0.2, 0) is 16.0 Å². The molecule has 9 heteroatoms. The Labute approximate surface area is 171 Å². The predicted octanol–water partition coefficient (Wildman–Crippen LogP) is 2.87. The maximum Gasteiger partial charge on any atom is 0.238 e. The van der Waals surface area contributed by atoms with Crippen molar-refractivity contribution in [3.63, 3.8) is 0 Å². The number of halogens is 3. The SMILES string of the molecule is O=C(CN1CCN(c2cc(F)c(Cl)c(F)c2)CC1)Nc1ccc2c(c1)CC(=O)N2. The van der Waals surface area contributed by atoms with E-state index in [1.165, 1.54) is 12.1 Å².